The number of likely N-dealkylation sites (tertiary alicyclic amines) is 1. The lowest BCUT2D eigenvalue weighted by Crippen LogP contribution is -2.40. The number of methoxy groups -OCH3 is 3. The Hall–Kier alpha value is -2.41. The summed E-state index contributed by atoms with van der Waals surface area (Å²) in [5.74, 6) is 2.08. The molecule has 0 spiro atoms. The Morgan fingerprint density at radius 2 is 1.77 bits per heavy atom. The van der Waals surface area contributed by atoms with Crippen LogP contribution in [0.4, 0.5) is 10.5 Å². The van der Waals surface area contributed by atoms with E-state index in [0.29, 0.717) is 28.9 Å². The highest BCUT2D eigenvalue weighted by Gasteiger charge is 2.24. The number of hydrogen-bond acceptors (Lipinski definition) is 5. The van der Waals surface area contributed by atoms with Crippen molar-refractivity contribution >= 4 is 23.1 Å². The van der Waals surface area contributed by atoms with E-state index in [0.717, 1.165) is 25.9 Å². The fraction of sp³-hybridized carbons (Fsp3) is 0.421. The van der Waals surface area contributed by atoms with Gasteiger partial charge in [0, 0.05) is 25.2 Å². The molecule has 0 aliphatic carbocycles. The third-order valence-electron chi connectivity index (χ3n) is 4.71. The van der Waals surface area contributed by atoms with Crippen LogP contribution in [-0.4, -0.2) is 45.3 Å². The maximum Gasteiger partial charge on any atom is 0.321 e. The maximum absolute atomic E-state index is 12.6. The lowest BCUT2D eigenvalue weighted by atomic mass is 9.91. The molecule has 0 atom stereocenters. The van der Waals surface area contributed by atoms with Crippen LogP contribution >= 0.6 is 11.3 Å². The van der Waals surface area contributed by atoms with Gasteiger partial charge in [0.05, 0.1) is 27.0 Å². The quantitative estimate of drug-likeness (QED) is 0.850. The Kier molecular flexibility index (Phi) is 5.88. The molecule has 26 heavy (non-hydrogen) atoms. The zero-order valence-electron chi connectivity index (χ0n) is 15.3. The summed E-state index contributed by atoms with van der Waals surface area (Å²) in [6.07, 6.45) is 1.97. The van der Waals surface area contributed by atoms with Crippen molar-refractivity contribution in [2.75, 3.05) is 39.7 Å². The molecule has 2 aromatic rings. The minimum Gasteiger partial charge on any atom is -0.493 e. The lowest BCUT2D eigenvalue weighted by Gasteiger charge is -2.32. The normalized spacial score (nSPS) is 14.8. The van der Waals surface area contributed by atoms with Gasteiger partial charge in [0.2, 0.25) is 5.75 Å². The summed E-state index contributed by atoms with van der Waals surface area (Å²) in [6.45, 7) is 1.49. The Labute approximate surface area is 157 Å². The van der Waals surface area contributed by atoms with Gasteiger partial charge in [0.15, 0.2) is 11.5 Å². The maximum atomic E-state index is 12.6. The number of nitrogens with one attached hydrogen (secondary N) is 1. The Bertz CT molecular complexity index is 715. The molecule has 1 N–H and O–H groups in total. The monoisotopic (exact) mass is 376 g/mol. The second-order valence-corrected chi connectivity index (χ2v) is 6.94. The summed E-state index contributed by atoms with van der Waals surface area (Å²) in [6, 6.07) is 5.54. The van der Waals surface area contributed by atoms with Crippen molar-refractivity contribution in [3.8, 4) is 17.2 Å². The molecule has 1 saturated heterocycles. The lowest BCUT2D eigenvalue weighted by molar-refractivity contribution is 0.194. The molecule has 1 aromatic carbocycles. The third kappa shape index (κ3) is 3.88. The number of ether oxygens (including phenoxy) is 3. The topological polar surface area (TPSA) is 60.0 Å². The number of urea groups is 1. The molecule has 2 heterocycles. The van der Waals surface area contributed by atoms with Crippen molar-refractivity contribution < 1.29 is 19.0 Å². The van der Waals surface area contributed by atoms with E-state index in [4.69, 9.17) is 14.2 Å². The van der Waals surface area contributed by atoms with Crippen LogP contribution in [0.25, 0.3) is 0 Å². The molecule has 140 valence electrons. The van der Waals surface area contributed by atoms with E-state index in [2.05, 4.69) is 22.1 Å². The number of anilines is 1. The SMILES string of the molecule is COc1cc(NC(=O)N2CCC(c3ccsc3)CC2)cc(OC)c1OC. The van der Waals surface area contributed by atoms with Gasteiger partial charge in [-0.2, -0.15) is 11.3 Å². The largest absolute Gasteiger partial charge is 0.493 e. The van der Waals surface area contributed by atoms with Crippen molar-refractivity contribution in [2.45, 2.75) is 18.8 Å². The smallest absolute Gasteiger partial charge is 0.321 e. The van der Waals surface area contributed by atoms with Crippen molar-refractivity contribution in [3.63, 3.8) is 0 Å². The highest BCUT2D eigenvalue weighted by Crippen LogP contribution is 2.40. The zero-order chi connectivity index (χ0) is 18.5. The van der Waals surface area contributed by atoms with E-state index in [1.807, 2.05) is 4.90 Å². The first-order chi connectivity index (χ1) is 12.7. The van der Waals surface area contributed by atoms with Gasteiger partial charge in [0.1, 0.15) is 0 Å². The molecule has 0 bridgehead atoms. The molecule has 3 rings (SSSR count). The molecular weight excluding hydrogens is 352 g/mol. The molecule has 0 saturated carbocycles. The number of amides is 2. The van der Waals surface area contributed by atoms with Gasteiger partial charge >= 0.3 is 6.03 Å². The van der Waals surface area contributed by atoms with Gasteiger partial charge in [-0.3, -0.25) is 0 Å². The summed E-state index contributed by atoms with van der Waals surface area (Å²) in [7, 11) is 4.66. The van der Waals surface area contributed by atoms with E-state index >= 15 is 0 Å². The van der Waals surface area contributed by atoms with Crippen LogP contribution in [0.2, 0.25) is 0 Å². The van der Waals surface area contributed by atoms with Crippen LogP contribution in [0.5, 0.6) is 17.2 Å². The minimum absolute atomic E-state index is 0.108. The van der Waals surface area contributed by atoms with Crippen LogP contribution in [0, 0.1) is 0 Å². The average molecular weight is 376 g/mol. The van der Waals surface area contributed by atoms with Crippen molar-refractivity contribution in [2.24, 2.45) is 0 Å². The van der Waals surface area contributed by atoms with Crippen LogP contribution in [0.3, 0.4) is 0 Å². The van der Waals surface area contributed by atoms with Crippen molar-refractivity contribution in [3.05, 3.63) is 34.5 Å². The number of hydrogen-bond donors (Lipinski definition) is 1. The first-order valence-electron chi connectivity index (χ1n) is 8.54. The Morgan fingerprint density at radius 3 is 2.27 bits per heavy atom. The minimum atomic E-state index is -0.108. The van der Waals surface area contributed by atoms with Gasteiger partial charge in [-0.15, -0.1) is 0 Å². The summed E-state index contributed by atoms with van der Waals surface area (Å²) in [4.78, 5) is 14.5. The molecule has 2 amide bonds. The molecule has 1 aliphatic heterocycles. The number of carbonyl (C=O) groups excluding carboxylic acids is 1. The summed E-state index contributed by atoms with van der Waals surface area (Å²) in [5.41, 5.74) is 2.00. The first-order valence-corrected chi connectivity index (χ1v) is 9.48. The summed E-state index contributed by atoms with van der Waals surface area (Å²) >= 11 is 1.73. The van der Waals surface area contributed by atoms with E-state index in [-0.39, 0.29) is 6.03 Å². The Morgan fingerprint density at radius 1 is 1.12 bits per heavy atom. The summed E-state index contributed by atoms with van der Waals surface area (Å²) in [5, 5.41) is 7.25. The molecule has 0 radical (unpaired) electrons. The number of benzene rings is 1. The number of nitrogens with zero attached hydrogens (tertiary/aromatic N) is 1. The third-order valence-corrected chi connectivity index (χ3v) is 5.41. The molecule has 1 aromatic heterocycles. The molecule has 7 heteroatoms. The van der Waals surface area contributed by atoms with Crippen molar-refractivity contribution in [1.29, 1.82) is 0 Å². The van der Waals surface area contributed by atoms with E-state index in [1.165, 1.54) is 5.56 Å². The molecular formula is C19H24N2O4S. The summed E-state index contributed by atoms with van der Waals surface area (Å²) < 4.78 is 16.0. The highest BCUT2D eigenvalue weighted by molar-refractivity contribution is 7.07. The number of thiophene rings is 1. The van der Waals surface area contributed by atoms with E-state index in [1.54, 1.807) is 44.8 Å². The van der Waals surface area contributed by atoms with Crippen LogP contribution in [0.1, 0.15) is 24.3 Å². The highest BCUT2D eigenvalue weighted by atomic mass is 32.1. The second kappa shape index (κ2) is 8.31. The first kappa shape index (κ1) is 18.4. The Balaban J connectivity index is 1.65. The second-order valence-electron chi connectivity index (χ2n) is 6.16. The molecule has 1 aliphatic rings. The van der Waals surface area contributed by atoms with E-state index in [9.17, 15) is 4.79 Å². The van der Waals surface area contributed by atoms with Crippen molar-refractivity contribution in [1.82, 2.24) is 4.90 Å². The molecule has 6 nitrogen and oxygen atoms in total. The predicted octanol–water partition coefficient (Wildman–Crippen LogP) is 4.19. The fourth-order valence-electron chi connectivity index (χ4n) is 3.28. The number of rotatable bonds is 5. The van der Waals surface area contributed by atoms with E-state index < -0.39 is 0 Å². The zero-order valence-corrected chi connectivity index (χ0v) is 16.1. The van der Waals surface area contributed by atoms with Crippen LogP contribution in [0.15, 0.2) is 29.0 Å². The molecule has 0 unspecified atom stereocenters. The van der Waals surface area contributed by atoms with Gasteiger partial charge in [-0.05, 0) is 41.1 Å². The predicted molar refractivity (Wildman–Crippen MR) is 103 cm³/mol. The fourth-order valence-corrected chi connectivity index (χ4v) is 4.02. The van der Waals surface area contributed by atoms with Gasteiger partial charge < -0.3 is 24.4 Å². The van der Waals surface area contributed by atoms with Gasteiger partial charge in [0.25, 0.3) is 0 Å². The number of piperidine rings is 1. The van der Waals surface area contributed by atoms with Crippen LogP contribution in [-0.2, 0) is 0 Å². The van der Waals surface area contributed by atoms with Gasteiger partial charge in [-0.25, -0.2) is 4.79 Å². The van der Waals surface area contributed by atoms with Crippen LogP contribution < -0.4 is 19.5 Å². The number of carbonyl (C=O) groups is 1. The van der Waals surface area contributed by atoms with Gasteiger partial charge in [-0.1, -0.05) is 0 Å². The average Bonchev–Trinajstić information content (AvgIpc) is 3.22. The standard InChI is InChI=1S/C19H24N2O4S/c1-23-16-10-15(11-17(24-2)18(16)25-3)20-19(22)21-7-4-13(5-8-21)14-6-9-26-12-14/h6,9-13H,4-5,7-8H2,1-3H3,(H,20,22). The molecule has 1 fully saturated rings.